The van der Waals surface area contributed by atoms with Crippen molar-refractivity contribution >= 4 is 41.3 Å². The van der Waals surface area contributed by atoms with Crippen LogP contribution in [-0.2, 0) is 19.1 Å². The molecule has 132 valence electrons. The first kappa shape index (κ1) is 17.3. The Morgan fingerprint density at radius 1 is 1.24 bits per heavy atom. The van der Waals surface area contributed by atoms with Crippen molar-refractivity contribution in [1.82, 2.24) is 10.6 Å². The molecule has 1 saturated carbocycles. The number of thioether (sulfide) groups is 1. The molecule has 0 spiro atoms. The van der Waals surface area contributed by atoms with Gasteiger partial charge in [0.2, 0.25) is 5.91 Å². The minimum absolute atomic E-state index is 0.124. The minimum Gasteiger partial charge on any atom is -0.454 e. The summed E-state index contributed by atoms with van der Waals surface area (Å²) < 4.78 is 4.86. The summed E-state index contributed by atoms with van der Waals surface area (Å²) in [6, 6.07) is 6.79. The van der Waals surface area contributed by atoms with Crippen molar-refractivity contribution in [3.05, 3.63) is 24.3 Å². The van der Waals surface area contributed by atoms with Crippen LogP contribution in [0.5, 0.6) is 0 Å². The molecule has 0 aromatic heterocycles. The van der Waals surface area contributed by atoms with Crippen molar-refractivity contribution < 1.29 is 23.9 Å². The lowest BCUT2D eigenvalue weighted by Crippen LogP contribution is -2.43. The number of para-hydroxylation sites is 1. The highest BCUT2D eigenvalue weighted by molar-refractivity contribution is 8.00. The molecule has 1 aliphatic carbocycles. The van der Waals surface area contributed by atoms with Crippen LogP contribution in [0.15, 0.2) is 29.2 Å². The smallest absolute Gasteiger partial charge is 0.326 e. The van der Waals surface area contributed by atoms with E-state index in [0.717, 1.165) is 17.7 Å². The number of nitrogens with zero attached hydrogens (tertiary/aromatic N) is 1. The zero-order valence-corrected chi connectivity index (χ0v) is 14.1. The molecule has 1 fully saturated rings. The lowest BCUT2D eigenvalue weighted by Gasteiger charge is -2.27. The van der Waals surface area contributed by atoms with Crippen LogP contribution < -0.4 is 15.5 Å². The zero-order valence-electron chi connectivity index (χ0n) is 13.3. The van der Waals surface area contributed by atoms with Crippen LogP contribution in [0, 0.1) is 0 Å². The van der Waals surface area contributed by atoms with Gasteiger partial charge in [-0.25, -0.2) is 4.79 Å². The van der Waals surface area contributed by atoms with E-state index < -0.39 is 24.5 Å². The fourth-order valence-electron chi connectivity index (χ4n) is 2.26. The number of imide groups is 1. The average molecular weight is 363 g/mol. The Morgan fingerprint density at radius 3 is 2.76 bits per heavy atom. The third-order valence-corrected chi connectivity index (χ3v) is 4.67. The van der Waals surface area contributed by atoms with Gasteiger partial charge in [0.1, 0.15) is 6.54 Å². The van der Waals surface area contributed by atoms with Crippen molar-refractivity contribution in [3.8, 4) is 0 Å². The zero-order chi connectivity index (χ0) is 17.8. The van der Waals surface area contributed by atoms with Crippen molar-refractivity contribution in [3.63, 3.8) is 0 Å². The molecule has 1 aromatic carbocycles. The highest BCUT2D eigenvalue weighted by Gasteiger charge is 2.27. The summed E-state index contributed by atoms with van der Waals surface area (Å²) in [6.07, 6.45) is 1.81. The molecule has 25 heavy (non-hydrogen) atoms. The van der Waals surface area contributed by atoms with E-state index in [-0.39, 0.29) is 24.2 Å². The van der Waals surface area contributed by atoms with Crippen LogP contribution in [0.2, 0.25) is 0 Å². The SMILES string of the molecule is O=C(COC(=O)CN1C(=O)CSc2ccccc21)NC(=O)NC1CC1. The molecule has 2 N–H and O–H groups in total. The maximum absolute atomic E-state index is 12.0. The van der Waals surface area contributed by atoms with Crippen molar-refractivity contribution in [1.29, 1.82) is 0 Å². The molecule has 4 amide bonds. The van der Waals surface area contributed by atoms with Gasteiger partial charge in [-0.15, -0.1) is 11.8 Å². The molecule has 1 aliphatic heterocycles. The number of nitrogens with one attached hydrogen (secondary N) is 2. The van der Waals surface area contributed by atoms with Crippen molar-refractivity contribution in [2.75, 3.05) is 23.8 Å². The second kappa shape index (κ2) is 7.56. The number of fused-ring (bicyclic) bond motifs is 1. The lowest BCUT2D eigenvalue weighted by molar-refractivity contribution is -0.147. The Bertz CT molecular complexity index is 719. The van der Waals surface area contributed by atoms with E-state index in [1.807, 2.05) is 12.1 Å². The highest BCUT2D eigenvalue weighted by atomic mass is 32.2. The van der Waals surface area contributed by atoms with Gasteiger partial charge in [-0.1, -0.05) is 12.1 Å². The number of carbonyl (C=O) groups excluding carboxylic acids is 4. The summed E-state index contributed by atoms with van der Waals surface area (Å²) in [5.74, 6) is -1.39. The largest absolute Gasteiger partial charge is 0.454 e. The first-order chi connectivity index (χ1) is 12.0. The van der Waals surface area contributed by atoms with Gasteiger partial charge in [0, 0.05) is 10.9 Å². The summed E-state index contributed by atoms with van der Waals surface area (Å²) in [5, 5.41) is 4.67. The Balaban J connectivity index is 1.48. The number of esters is 1. The maximum Gasteiger partial charge on any atom is 0.326 e. The summed E-state index contributed by atoms with van der Waals surface area (Å²) in [7, 11) is 0. The second-order valence-corrected chi connectivity index (χ2v) is 6.71. The number of carbonyl (C=O) groups is 4. The standard InChI is InChI=1S/C16H17N3O5S/c20-13(18-16(23)17-10-5-6-10)8-24-15(22)7-19-11-3-1-2-4-12(11)25-9-14(19)21/h1-4,10H,5-9H2,(H2,17,18,20,23). The van der Waals surface area contributed by atoms with E-state index in [1.54, 1.807) is 12.1 Å². The number of anilines is 1. The third-order valence-electron chi connectivity index (χ3n) is 3.63. The van der Waals surface area contributed by atoms with Gasteiger partial charge in [-0.2, -0.15) is 0 Å². The van der Waals surface area contributed by atoms with Gasteiger partial charge in [-0.3, -0.25) is 24.6 Å². The molecule has 8 nitrogen and oxygen atoms in total. The van der Waals surface area contributed by atoms with Gasteiger partial charge in [0.05, 0.1) is 11.4 Å². The van der Waals surface area contributed by atoms with Gasteiger partial charge >= 0.3 is 12.0 Å². The molecular formula is C16H17N3O5S. The molecule has 0 bridgehead atoms. The number of amides is 4. The van der Waals surface area contributed by atoms with Crippen LogP contribution in [0.25, 0.3) is 0 Å². The summed E-state index contributed by atoms with van der Waals surface area (Å²) >= 11 is 1.41. The first-order valence-electron chi connectivity index (χ1n) is 7.81. The molecule has 0 radical (unpaired) electrons. The van der Waals surface area contributed by atoms with E-state index in [9.17, 15) is 19.2 Å². The molecule has 9 heteroatoms. The van der Waals surface area contributed by atoms with Crippen LogP contribution in [0.3, 0.4) is 0 Å². The highest BCUT2D eigenvalue weighted by Crippen LogP contribution is 2.34. The van der Waals surface area contributed by atoms with E-state index >= 15 is 0 Å². The Labute approximate surface area is 148 Å². The quantitative estimate of drug-likeness (QED) is 0.745. The lowest BCUT2D eigenvalue weighted by atomic mass is 10.2. The van der Waals surface area contributed by atoms with Crippen LogP contribution >= 0.6 is 11.8 Å². The Morgan fingerprint density at radius 2 is 2.00 bits per heavy atom. The van der Waals surface area contributed by atoms with E-state index in [4.69, 9.17) is 4.74 Å². The molecule has 0 atom stereocenters. The topological polar surface area (TPSA) is 105 Å². The molecule has 3 rings (SSSR count). The fraction of sp³-hybridized carbons (Fsp3) is 0.375. The van der Waals surface area contributed by atoms with E-state index in [0.29, 0.717) is 5.69 Å². The maximum atomic E-state index is 12.0. The van der Waals surface area contributed by atoms with Crippen LogP contribution in [-0.4, -0.2) is 48.8 Å². The monoisotopic (exact) mass is 363 g/mol. The van der Waals surface area contributed by atoms with E-state index in [2.05, 4.69) is 10.6 Å². The molecule has 1 aromatic rings. The molecule has 0 saturated heterocycles. The van der Waals surface area contributed by atoms with Crippen LogP contribution in [0.1, 0.15) is 12.8 Å². The predicted molar refractivity (Wildman–Crippen MR) is 90.2 cm³/mol. The number of hydrogen-bond acceptors (Lipinski definition) is 6. The van der Waals surface area contributed by atoms with Gasteiger partial charge in [0.15, 0.2) is 6.61 Å². The number of rotatable bonds is 5. The average Bonchev–Trinajstić information content (AvgIpc) is 3.39. The van der Waals surface area contributed by atoms with Crippen molar-refractivity contribution in [2.45, 2.75) is 23.8 Å². The molecular weight excluding hydrogens is 346 g/mol. The third kappa shape index (κ3) is 4.72. The number of urea groups is 1. The number of ether oxygens (including phenoxy) is 1. The normalized spacial score (nSPS) is 16.0. The summed E-state index contributed by atoms with van der Waals surface area (Å²) in [4.78, 5) is 49.2. The minimum atomic E-state index is -0.715. The first-order valence-corrected chi connectivity index (χ1v) is 8.79. The van der Waals surface area contributed by atoms with Gasteiger partial charge in [0.25, 0.3) is 5.91 Å². The number of benzene rings is 1. The Hall–Kier alpha value is -2.55. The summed E-state index contributed by atoms with van der Waals surface area (Å²) in [6.45, 7) is -0.854. The van der Waals surface area contributed by atoms with E-state index in [1.165, 1.54) is 16.7 Å². The van der Waals surface area contributed by atoms with Crippen molar-refractivity contribution in [2.24, 2.45) is 0 Å². The van der Waals surface area contributed by atoms with Gasteiger partial charge in [-0.05, 0) is 25.0 Å². The molecule has 1 heterocycles. The Kier molecular flexibility index (Phi) is 5.22. The summed E-state index contributed by atoms with van der Waals surface area (Å²) in [5.41, 5.74) is 0.647. The number of hydrogen-bond donors (Lipinski definition) is 2. The predicted octanol–water partition coefficient (Wildman–Crippen LogP) is 0.657. The van der Waals surface area contributed by atoms with Crippen LogP contribution in [0.4, 0.5) is 10.5 Å². The second-order valence-electron chi connectivity index (χ2n) is 5.69. The molecule has 0 unspecified atom stereocenters. The van der Waals surface area contributed by atoms with Gasteiger partial charge < -0.3 is 10.1 Å². The fourth-order valence-corrected chi connectivity index (χ4v) is 3.20. The molecule has 2 aliphatic rings.